The summed E-state index contributed by atoms with van der Waals surface area (Å²) in [4.78, 5) is 12.4. The highest BCUT2D eigenvalue weighted by atomic mass is 16.5. The first-order valence-corrected chi connectivity index (χ1v) is 8.30. The summed E-state index contributed by atoms with van der Waals surface area (Å²) in [7, 11) is 0. The van der Waals surface area contributed by atoms with Gasteiger partial charge < -0.3 is 10.1 Å². The van der Waals surface area contributed by atoms with Crippen molar-refractivity contribution >= 4 is 12.0 Å². The molecule has 1 amide bonds. The van der Waals surface area contributed by atoms with E-state index in [0.717, 1.165) is 24.8 Å². The highest BCUT2D eigenvalue weighted by Gasteiger charge is 2.24. The van der Waals surface area contributed by atoms with Gasteiger partial charge in [-0.25, -0.2) is 0 Å². The van der Waals surface area contributed by atoms with Crippen LogP contribution in [0.1, 0.15) is 45.1 Å². The highest BCUT2D eigenvalue weighted by Crippen LogP contribution is 2.25. The first-order chi connectivity index (χ1) is 11.2. The Bertz CT molecular complexity index is 616. The van der Waals surface area contributed by atoms with Crippen LogP contribution >= 0.6 is 0 Å². The predicted molar refractivity (Wildman–Crippen MR) is 90.8 cm³/mol. The van der Waals surface area contributed by atoms with Crippen molar-refractivity contribution in [1.29, 1.82) is 5.26 Å². The molecule has 4 nitrogen and oxygen atoms in total. The number of nitrogens with zero attached hydrogens (tertiary/aromatic N) is 1. The van der Waals surface area contributed by atoms with Gasteiger partial charge in [-0.15, -0.1) is 0 Å². The molecule has 4 heteroatoms. The van der Waals surface area contributed by atoms with Crippen LogP contribution < -0.4 is 10.1 Å². The van der Waals surface area contributed by atoms with Gasteiger partial charge in [0.1, 0.15) is 17.4 Å². The lowest BCUT2D eigenvalue weighted by Crippen LogP contribution is -2.41. The molecule has 1 aliphatic rings. The van der Waals surface area contributed by atoms with Gasteiger partial charge in [0.05, 0.1) is 6.61 Å². The molecule has 0 unspecified atom stereocenters. The standard InChI is InChI=1S/C19H24N2O2/c1-3-23-18-11-7-5-9-15(18)12-16(13-20)19(22)21-17-10-6-4-8-14(17)2/h5,7,9,11-12,14,17H,3-4,6,8,10H2,1-2H3,(H,21,22)/b16-12+/t14-,17+/m1/s1. The Morgan fingerprint density at radius 1 is 1.39 bits per heavy atom. The maximum absolute atomic E-state index is 12.4. The van der Waals surface area contributed by atoms with Gasteiger partial charge in [-0.1, -0.05) is 38.0 Å². The predicted octanol–water partition coefficient (Wildman–Crippen LogP) is 3.69. The topological polar surface area (TPSA) is 62.1 Å². The molecule has 0 aromatic heterocycles. The van der Waals surface area contributed by atoms with E-state index in [9.17, 15) is 10.1 Å². The van der Waals surface area contributed by atoms with Crippen LogP contribution in [-0.2, 0) is 4.79 Å². The van der Waals surface area contributed by atoms with Crippen LogP contribution in [0.5, 0.6) is 5.75 Å². The minimum atomic E-state index is -0.294. The van der Waals surface area contributed by atoms with Crippen molar-refractivity contribution in [1.82, 2.24) is 5.32 Å². The van der Waals surface area contributed by atoms with E-state index in [-0.39, 0.29) is 17.5 Å². The summed E-state index contributed by atoms with van der Waals surface area (Å²) in [5, 5.41) is 12.4. The molecule has 1 fully saturated rings. The lowest BCUT2D eigenvalue weighted by atomic mass is 9.86. The first kappa shape index (κ1) is 17.1. The SMILES string of the molecule is CCOc1ccccc1/C=C(\C#N)C(=O)N[C@H]1CCCC[C@H]1C. The summed E-state index contributed by atoms with van der Waals surface area (Å²) in [5.41, 5.74) is 0.868. The molecule has 0 saturated heterocycles. The van der Waals surface area contributed by atoms with Gasteiger partial charge in [-0.2, -0.15) is 5.26 Å². The summed E-state index contributed by atoms with van der Waals surface area (Å²) in [6.45, 7) is 4.60. The zero-order valence-corrected chi connectivity index (χ0v) is 13.8. The van der Waals surface area contributed by atoms with Crippen molar-refractivity contribution in [3.8, 4) is 11.8 Å². The molecule has 1 N–H and O–H groups in total. The van der Waals surface area contributed by atoms with Crippen molar-refractivity contribution in [2.24, 2.45) is 5.92 Å². The molecule has 0 radical (unpaired) electrons. The van der Waals surface area contributed by atoms with Crippen LogP contribution in [-0.4, -0.2) is 18.6 Å². The third kappa shape index (κ3) is 4.59. The summed E-state index contributed by atoms with van der Waals surface area (Å²) in [6, 6.07) is 9.60. The second-order valence-corrected chi connectivity index (χ2v) is 5.98. The van der Waals surface area contributed by atoms with Gasteiger partial charge >= 0.3 is 0 Å². The Morgan fingerprint density at radius 3 is 2.83 bits per heavy atom. The van der Waals surface area contributed by atoms with Crippen molar-refractivity contribution in [3.05, 3.63) is 35.4 Å². The van der Waals surface area contributed by atoms with Gasteiger partial charge in [0.25, 0.3) is 5.91 Å². The number of benzene rings is 1. The number of ether oxygens (including phenoxy) is 1. The fraction of sp³-hybridized carbons (Fsp3) is 0.474. The highest BCUT2D eigenvalue weighted by molar-refractivity contribution is 6.02. The maximum atomic E-state index is 12.4. The number of rotatable bonds is 5. The molecule has 2 rings (SSSR count). The molecule has 0 spiro atoms. The Morgan fingerprint density at radius 2 is 2.13 bits per heavy atom. The third-order valence-electron chi connectivity index (χ3n) is 4.31. The fourth-order valence-electron chi connectivity index (χ4n) is 2.97. The van der Waals surface area contributed by atoms with Crippen LogP contribution in [0.25, 0.3) is 6.08 Å². The van der Waals surface area contributed by atoms with E-state index in [1.54, 1.807) is 6.08 Å². The van der Waals surface area contributed by atoms with E-state index < -0.39 is 0 Å². The molecule has 0 aliphatic heterocycles. The Hall–Kier alpha value is -2.28. The smallest absolute Gasteiger partial charge is 0.262 e. The molecular weight excluding hydrogens is 288 g/mol. The molecule has 0 heterocycles. The molecule has 23 heavy (non-hydrogen) atoms. The molecule has 1 aromatic rings. The van der Waals surface area contributed by atoms with Crippen molar-refractivity contribution < 1.29 is 9.53 Å². The lowest BCUT2D eigenvalue weighted by molar-refractivity contribution is -0.118. The number of hydrogen-bond donors (Lipinski definition) is 1. The summed E-state index contributed by atoms with van der Waals surface area (Å²) >= 11 is 0. The zero-order valence-electron chi connectivity index (χ0n) is 13.8. The Labute approximate surface area is 138 Å². The van der Waals surface area contributed by atoms with E-state index in [1.165, 1.54) is 6.42 Å². The van der Waals surface area contributed by atoms with Crippen LogP contribution in [0.2, 0.25) is 0 Å². The first-order valence-electron chi connectivity index (χ1n) is 8.30. The summed E-state index contributed by atoms with van der Waals surface area (Å²) in [5.74, 6) is 0.850. The van der Waals surface area contributed by atoms with Gasteiger partial charge in [-0.05, 0) is 37.8 Å². The number of carbonyl (C=O) groups excluding carboxylic acids is 1. The van der Waals surface area contributed by atoms with Crippen LogP contribution in [0.4, 0.5) is 0 Å². The quantitative estimate of drug-likeness (QED) is 0.666. The molecule has 1 saturated carbocycles. The van der Waals surface area contributed by atoms with E-state index in [4.69, 9.17) is 4.74 Å². The summed E-state index contributed by atoms with van der Waals surface area (Å²) in [6.07, 6.45) is 6.07. The monoisotopic (exact) mass is 312 g/mol. The second-order valence-electron chi connectivity index (χ2n) is 5.98. The minimum Gasteiger partial charge on any atom is -0.493 e. The molecule has 1 aliphatic carbocycles. The molecule has 2 atom stereocenters. The molecule has 0 bridgehead atoms. The van der Waals surface area contributed by atoms with Gasteiger partial charge in [0.15, 0.2) is 0 Å². The van der Waals surface area contributed by atoms with E-state index in [0.29, 0.717) is 18.3 Å². The number of nitrogens with one attached hydrogen (secondary N) is 1. The number of amides is 1. The number of carbonyl (C=O) groups is 1. The lowest BCUT2D eigenvalue weighted by Gasteiger charge is -2.29. The maximum Gasteiger partial charge on any atom is 0.262 e. The van der Waals surface area contributed by atoms with Crippen molar-refractivity contribution in [3.63, 3.8) is 0 Å². The second kappa shape index (κ2) is 8.38. The molecule has 122 valence electrons. The van der Waals surface area contributed by atoms with E-state index in [1.807, 2.05) is 37.3 Å². The van der Waals surface area contributed by atoms with Gasteiger partial charge in [0.2, 0.25) is 0 Å². The van der Waals surface area contributed by atoms with Crippen molar-refractivity contribution in [2.75, 3.05) is 6.61 Å². The van der Waals surface area contributed by atoms with Crippen LogP contribution in [0.15, 0.2) is 29.8 Å². The average molecular weight is 312 g/mol. The fourth-order valence-corrected chi connectivity index (χ4v) is 2.97. The van der Waals surface area contributed by atoms with E-state index in [2.05, 4.69) is 12.2 Å². The van der Waals surface area contributed by atoms with Crippen molar-refractivity contribution in [2.45, 2.75) is 45.6 Å². The van der Waals surface area contributed by atoms with Crippen LogP contribution in [0.3, 0.4) is 0 Å². The minimum absolute atomic E-state index is 0.120. The van der Waals surface area contributed by atoms with Crippen LogP contribution in [0, 0.1) is 17.2 Å². The zero-order chi connectivity index (χ0) is 16.7. The number of nitriles is 1. The molecular formula is C19H24N2O2. The normalized spacial score (nSPS) is 21.3. The van der Waals surface area contributed by atoms with Gasteiger partial charge in [0, 0.05) is 11.6 Å². The largest absolute Gasteiger partial charge is 0.493 e. The van der Waals surface area contributed by atoms with Gasteiger partial charge in [-0.3, -0.25) is 4.79 Å². The number of hydrogen-bond acceptors (Lipinski definition) is 3. The third-order valence-corrected chi connectivity index (χ3v) is 4.31. The Balaban J connectivity index is 2.15. The summed E-state index contributed by atoms with van der Waals surface area (Å²) < 4.78 is 5.54. The Kier molecular flexibility index (Phi) is 6.22. The average Bonchev–Trinajstić information content (AvgIpc) is 2.56. The number of para-hydroxylation sites is 1. The van der Waals surface area contributed by atoms with E-state index >= 15 is 0 Å². The molecule has 1 aromatic carbocycles.